The van der Waals surface area contributed by atoms with Gasteiger partial charge in [-0.15, -0.1) is 0 Å². The van der Waals surface area contributed by atoms with Crippen molar-refractivity contribution in [3.05, 3.63) is 67.1 Å². The summed E-state index contributed by atoms with van der Waals surface area (Å²) in [6, 6.07) is 9.05. The Morgan fingerprint density at radius 1 is 0.833 bits per heavy atom. The SMILES string of the molecule is Cc1c(Cl)ccc(Cl)c1Cc1ccc(Cl)cc1Cl. The molecule has 0 unspecified atom stereocenters. The van der Waals surface area contributed by atoms with Gasteiger partial charge in [-0.25, -0.2) is 0 Å². The molecule has 18 heavy (non-hydrogen) atoms. The van der Waals surface area contributed by atoms with E-state index < -0.39 is 0 Å². The summed E-state index contributed by atoms with van der Waals surface area (Å²) in [6.45, 7) is 1.95. The van der Waals surface area contributed by atoms with Crippen LogP contribution in [-0.2, 0) is 6.42 Å². The molecule has 0 amide bonds. The lowest BCUT2D eigenvalue weighted by molar-refractivity contribution is 1.16. The maximum Gasteiger partial charge on any atom is 0.0456 e. The van der Waals surface area contributed by atoms with Crippen LogP contribution >= 0.6 is 46.4 Å². The fourth-order valence-corrected chi connectivity index (χ4v) is 2.69. The van der Waals surface area contributed by atoms with Crippen LogP contribution in [0.5, 0.6) is 0 Å². The van der Waals surface area contributed by atoms with Crippen molar-refractivity contribution < 1.29 is 0 Å². The fraction of sp³-hybridized carbons (Fsp3) is 0.143. The molecule has 2 aromatic carbocycles. The molecular formula is C14H10Cl4. The molecule has 0 aliphatic rings. The lowest BCUT2D eigenvalue weighted by Crippen LogP contribution is -1.95. The highest BCUT2D eigenvalue weighted by Crippen LogP contribution is 2.31. The molecule has 0 atom stereocenters. The summed E-state index contributed by atoms with van der Waals surface area (Å²) in [7, 11) is 0. The Morgan fingerprint density at radius 2 is 1.50 bits per heavy atom. The van der Waals surface area contributed by atoms with Crippen LogP contribution in [0, 0.1) is 6.92 Å². The van der Waals surface area contributed by atoms with Crippen molar-refractivity contribution in [2.75, 3.05) is 0 Å². The summed E-state index contributed by atoms with van der Waals surface area (Å²) in [5.41, 5.74) is 2.96. The Labute approximate surface area is 126 Å². The molecule has 0 saturated heterocycles. The number of benzene rings is 2. The maximum atomic E-state index is 6.21. The van der Waals surface area contributed by atoms with Gasteiger partial charge in [0.05, 0.1) is 0 Å². The van der Waals surface area contributed by atoms with Crippen LogP contribution in [0.4, 0.5) is 0 Å². The molecule has 0 aromatic heterocycles. The Balaban J connectivity index is 2.43. The zero-order valence-corrected chi connectivity index (χ0v) is 12.6. The molecule has 0 N–H and O–H groups in total. The van der Waals surface area contributed by atoms with E-state index in [9.17, 15) is 0 Å². The van der Waals surface area contributed by atoms with Gasteiger partial charge in [-0.05, 0) is 47.9 Å². The molecule has 2 rings (SSSR count). The van der Waals surface area contributed by atoms with E-state index in [1.165, 1.54) is 0 Å². The Bertz CT molecular complexity index is 591. The molecule has 94 valence electrons. The summed E-state index contributed by atoms with van der Waals surface area (Å²) in [6.07, 6.45) is 0.640. The van der Waals surface area contributed by atoms with Crippen molar-refractivity contribution in [2.45, 2.75) is 13.3 Å². The van der Waals surface area contributed by atoms with E-state index in [1.807, 2.05) is 19.1 Å². The maximum absolute atomic E-state index is 6.21. The van der Waals surface area contributed by atoms with E-state index in [1.54, 1.807) is 18.2 Å². The number of halogens is 4. The van der Waals surface area contributed by atoms with Crippen LogP contribution in [0.25, 0.3) is 0 Å². The second-order valence-corrected chi connectivity index (χ2v) is 5.70. The Hall–Kier alpha value is -0.400. The van der Waals surface area contributed by atoms with Gasteiger partial charge in [0.2, 0.25) is 0 Å². The second kappa shape index (κ2) is 5.71. The number of hydrogen-bond donors (Lipinski definition) is 0. The first kappa shape index (κ1) is 14.0. The molecule has 0 nitrogen and oxygen atoms in total. The van der Waals surface area contributed by atoms with Gasteiger partial charge in [0.1, 0.15) is 0 Å². The minimum atomic E-state index is 0.623. The molecule has 0 aliphatic carbocycles. The molecule has 0 fully saturated rings. The highest BCUT2D eigenvalue weighted by atomic mass is 35.5. The van der Waals surface area contributed by atoms with E-state index in [2.05, 4.69) is 0 Å². The molecule has 0 bridgehead atoms. The van der Waals surface area contributed by atoms with Crippen LogP contribution in [0.1, 0.15) is 16.7 Å². The predicted molar refractivity (Wildman–Crippen MR) is 80.5 cm³/mol. The number of hydrogen-bond acceptors (Lipinski definition) is 0. The molecule has 0 saturated carbocycles. The quantitative estimate of drug-likeness (QED) is 0.618. The van der Waals surface area contributed by atoms with Crippen LogP contribution < -0.4 is 0 Å². The van der Waals surface area contributed by atoms with Crippen LogP contribution in [0.3, 0.4) is 0 Å². The van der Waals surface area contributed by atoms with Gasteiger partial charge in [0, 0.05) is 26.5 Å². The molecule has 0 aliphatic heterocycles. The van der Waals surface area contributed by atoms with Gasteiger partial charge in [-0.1, -0.05) is 52.5 Å². The van der Waals surface area contributed by atoms with Crippen molar-refractivity contribution in [2.24, 2.45) is 0 Å². The third-order valence-corrected chi connectivity index (χ3v) is 4.21. The third kappa shape index (κ3) is 2.95. The van der Waals surface area contributed by atoms with E-state index in [-0.39, 0.29) is 0 Å². The first-order chi connectivity index (χ1) is 8.49. The molecule has 2 aromatic rings. The average Bonchev–Trinajstić information content (AvgIpc) is 2.32. The van der Waals surface area contributed by atoms with Gasteiger partial charge in [-0.3, -0.25) is 0 Å². The monoisotopic (exact) mass is 318 g/mol. The van der Waals surface area contributed by atoms with Gasteiger partial charge < -0.3 is 0 Å². The standard InChI is InChI=1S/C14H10Cl4/c1-8-11(13(17)5-4-12(8)16)6-9-2-3-10(15)7-14(9)18/h2-5,7H,6H2,1H3. The van der Waals surface area contributed by atoms with E-state index in [4.69, 9.17) is 46.4 Å². The molecule has 0 spiro atoms. The van der Waals surface area contributed by atoms with Gasteiger partial charge >= 0.3 is 0 Å². The van der Waals surface area contributed by atoms with E-state index in [0.717, 1.165) is 16.7 Å². The van der Waals surface area contributed by atoms with Crippen LogP contribution in [0.2, 0.25) is 20.1 Å². The highest BCUT2D eigenvalue weighted by Gasteiger charge is 2.10. The van der Waals surface area contributed by atoms with Gasteiger partial charge in [-0.2, -0.15) is 0 Å². The third-order valence-electron chi connectivity index (χ3n) is 2.86. The Kier molecular flexibility index (Phi) is 4.45. The van der Waals surface area contributed by atoms with Gasteiger partial charge in [0.25, 0.3) is 0 Å². The predicted octanol–water partition coefficient (Wildman–Crippen LogP) is 6.20. The first-order valence-corrected chi connectivity index (χ1v) is 6.87. The van der Waals surface area contributed by atoms with Crippen LogP contribution in [0.15, 0.2) is 30.3 Å². The van der Waals surface area contributed by atoms with Crippen molar-refractivity contribution >= 4 is 46.4 Å². The second-order valence-electron chi connectivity index (χ2n) is 4.05. The summed E-state index contributed by atoms with van der Waals surface area (Å²) >= 11 is 24.4. The minimum Gasteiger partial charge on any atom is -0.0843 e. The number of rotatable bonds is 2. The summed E-state index contributed by atoms with van der Waals surface area (Å²) in [5.74, 6) is 0. The summed E-state index contributed by atoms with van der Waals surface area (Å²) in [5, 5.41) is 2.66. The average molecular weight is 320 g/mol. The zero-order valence-electron chi connectivity index (χ0n) is 9.61. The van der Waals surface area contributed by atoms with Crippen molar-refractivity contribution in [3.8, 4) is 0 Å². The molecule has 4 heteroatoms. The highest BCUT2D eigenvalue weighted by molar-refractivity contribution is 6.35. The smallest absolute Gasteiger partial charge is 0.0456 e. The summed E-state index contributed by atoms with van der Waals surface area (Å²) < 4.78 is 0. The lowest BCUT2D eigenvalue weighted by atomic mass is 10.0. The zero-order chi connectivity index (χ0) is 13.3. The van der Waals surface area contributed by atoms with E-state index in [0.29, 0.717) is 26.5 Å². The topological polar surface area (TPSA) is 0 Å². The molecule has 0 heterocycles. The van der Waals surface area contributed by atoms with E-state index >= 15 is 0 Å². The molecule has 0 radical (unpaired) electrons. The largest absolute Gasteiger partial charge is 0.0843 e. The molecular weight excluding hydrogens is 310 g/mol. The Morgan fingerprint density at radius 3 is 2.17 bits per heavy atom. The van der Waals surface area contributed by atoms with Gasteiger partial charge in [0.15, 0.2) is 0 Å². The van der Waals surface area contributed by atoms with Crippen molar-refractivity contribution in [3.63, 3.8) is 0 Å². The minimum absolute atomic E-state index is 0.623. The summed E-state index contributed by atoms with van der Waals surface area (Å²) in [4.78, 5) is 0. The normalized spacial score (nSPS) is 10.7. The van der Waals surface area contributed by atoms with Crippen molar-refractivity contribution in [1.29, 1.82) is 0 Å². The van der Waals surface area contributed by atoms with Crippen molar-refractivity contribution in [1.82, 2.24) is 0 Å². The van der Waals surface area contributed by atoms with Crippen LogP contribution in [-0.4, -0.2) is 0 Å². The first-order valence-electron chi connectivity index (χ1n) is 5.36. The lowest BCUT2D eigenvalue weighted by Gasteiger charge is -2.11. The fourth-order valence-electron chi connectivity index (χ4n) is 1.77.